The number of carbonyl (C=O) groups is 1. The van der Waals surface area contributed by atoms with E-state index < -0.39 is 0 Å². The number of rotatable bonds is 7. The van der Waals surface area contributed by atoms with Gasteiger partial charge in [0.05, 0.1) is 33.3 Å². The Bertz CT molecular complexity index is 808. The number of anilines is 1. The summed E-state index contributed by atoms with van der Waals surface area (Å²) in [6.07, 6.45) is 0.695. The van der Waals surface area contributed by atoms with Crippen LogP contribution in [0.4, 0.5) is 5.69 Å². The molecule has 0 bridgehead atoms. The van der Waals surface area contributed by atoms with Gasteiger partial charge in [-0.2, -0.15) is 0 Å². The zero-order valence-electron chi connectivity index (χ0n) is 16.0. The van der Waals surface area contributed by atoms with Gasteiger partial charge in [-0.05, 0) is 36.2 Å². The average Bonchev–Trinajstić information content (AvgIpc) is 2.70. The van der Waals surface area contributed by atoms with Crippen molar-refractivity contribution >= 4 is 34.8 Å². The quantitative estimate of drug-likeness (QED) is 0.717. The third kappa shape index (κ3) is 5.77. The van der Waals surface area contributed by atoms with E-state index in [2.05, 4.69) is 22.3 Å². The fraction of sp³-hybridized carbons (Fsp3) is 0.381. The molecule has 1 aliphatic heterocycles. The van der Waals surface area contributed by atoms with E-state index in [1.54, 1.807) is 13.2 Å². The lowest BCUT2D eigenvalue weighted by molar-refractivity contribution is -0.892. The fourth-order valence-corrected chi connectivity index (χ4v) is 3.92. The molecule has 1 heterocycles. The molecular weight excluding hydrogens is 397 g/mol. The summed E-state index contributed by atoms with van der Waals surface area (Å²) in [5.41, 5.74) is 2.16. The van der Waals surface area contributed by atoms with Gasteiger partial charge in [-0.15, -0.1) is 0 Å². The molecule has 0 aliphatic carbocycles. The molecule has 0 unspecified atom stereocenters. The van der Waals surface area contributed by atoms with Crippen LogP contribution in [0.1, 0.15) is 5.56 Å². The van der Waals surface area contributed by atoms with E-state index in [1.165, 1.54) is 10.6 Å². The number of piperazine rings is 1. The molecule has 2 aromatic rings. The monoisotopic (exact) mass is 422 g/mol. The lowest BCUT2D eigenvalue weighted by Crippen LogP contribution is -3.16. The van der Waals surface area contributed by atoms with Gasteiger partial charge in [0.2, 0.25) is 0 Å². The first-order chi connectivity index (χ1) is 13.5. The minimum Gasteiger partial charge on any atom is -0.497 e. The Balaban J connectivity index is 1.40. The van der Waals surface area contributed by atoms with Gasteiger partial charge in [0, 0.05) is 28.3 Å². The van der Waals surface area contributed by atoms with Gasteiger partial charge in [-0.3, -0.25) is 4.79 Å². The standard InChI is InChI=1S/C21H25Cl2N3O2/c1-28-19-4-2-3-18(14-19)26-11-9-25(10-12-26)15-21(27)24-8-7-16-5-6-17(22)13-20(16)23/h2-6,13-14H,7-12,15H2,1H3,(H,24,27)/p+1. The van der Waals surface area contributed by atoms with Crippen molar-refractivity contribution < 1.29 is 14.4 Å². The Morgan fingerprint density at radius 3 is 2.68 bits per heavy atom. The molecule has 3 rings (SSSR count). The molecular formula is C21H26Cl2N3O2+. The number of nitrogens with zero attached hydrogens (tertiary/aromatic N) is 1. The summed E-state index contributed by atoms with van der Waals surface area (Å²) < 4.78 is 5.30. The maximum atomic E-state index is 12.3. The Morgan fingerprint density at radius 2 is 1.96 bits per heavy atom. The number of benzene rings is 2. The lowest BCUT2D eigenvalue weighted by atomic mass is 10.1. The largest absolute Gasteiger partial charge is 0.497 e. The summed E-state index contributed by atoms with van der Waals surface area (Å²) in [5.74, 6) is 0.947. The zero-order valence-corrected chi connectivity index (χ0v) is 17.5. The van der Waals surface area contributed by atoms with Gasteiger partial charge in [0.25, 0.3) is 5.91 Å². The van der Waals surface area contributed by atoms with Crippen LogP contribution in [0, 0.1) is 0 Å². The number of nitrogens with one attached hydrogen (secondary N) is 2. The van der Waals surface area contributed by atoms with E-state index in [0.29, 0.717) is 29.6 Å². The van der Waals surface area contributed by atoms with E-state index in [0.717, 1.165) is 37.5 Å². The lowest BCUT2D eigenvalue weighted by Gasteiger charge is -2.33. The van der Waals surface area contributed by atoms with Crippen molar-refractivity contribution in [2.24, 2.45) is 0 Å². The smallest absolute Gasteiger partial charge is 0.275 e. The second-order valence-electron chi connectivity index (χ2n) is 6.95. The van der Waals surface area contributed by atoms with Gasteiger partial charge >= 0.3 is 0 Å². The van der Waals surface area contributed by atoms with Crippen LogP contribution in [-0.4, -0.2) is 52.3 Å². The van der Waals surface area contributed by atoms with E-state index in [-0.39, 0.29) is 5.91 Å². The predicted octanol–water partition coefficient (Wildman–Crippen LogP) is 2.07. The Labute approximate surface area is 176 Å². The third-order valence-corrected chi connectivity index (χ3v) is 5.62. The van der Waals surface area contributed by atoms with Crippen molar-refractivity contribution in [1.29, 1.82) is 0 Å². The van der Waals surface area contributed by atoms with Crippen LogP contribution in [0.15, 0.2) is 42.5 Å². The minimum absolute atomic E-state index is 0.0786. The molecule has 2 N–H and O–H groups in total. The molecule has 0 saturated carbocycles. The summed E-state index contributed by atoms with van der Waals surface area (Å²) in [6, 6.07) is 13.6. The van der Waals surface area contributed by atoms with Gasteiger partial charge in [-0.25, -0.2) is 0 Å². The van der Waals surface area contributed by atoms with Crippen molar-refractivity contribution in [3.63, 3.8) is 0 Å². The van der Waals surface area contributed by atoms with Crippen molar-refractivity contribution in [3.8, 4) is 5.75 Å². The van der Waals surface area contributed by atoms with Crippen LogP contribution in [-0.2, 0) is 11.2 Å². The summed E-state index contributed by atoms with van der Waals surface area (Å²) in [5, 5.41) is 4.26. The second kappa shape index (κ2) is 10.0. The number of quaternary nitrogens is 1. The molecule has 5 nitrogen and oxygen atoms in total. The summed E-state index contributed by atoms with van der Waals surface area (Å²) in [4.78, 5) is 15.9. The Kier molecular flexibility index (Phi) is 7.43. The highest BCUT2D eigenvalue weighted by Crippen LogP contribution is 2.21. The number of carbonyl (C=O) groups excluding carboxylic acids is 1. The van der Waals surface area contributed by atoms with Crippen molar-refractivity contribution in [2.45, 2.75) is 6.42 Å². The second-order valence-corrected chi connectivity index (χ2v) is 7.79. The molecule has 28 heavy (non-hydrogen) atoms. The van der Waals surface area contributed by atoms with Gasteiger partial charge in [0.15, 0.2) is 6.54 Å². The molecule has 2 aromatic carbocycles. The number of methoxy groups -OCH3 is 1. The Hall–Kier alpha value is -1.95. The number of hydrogen-bond acceptors (Lipinski definition) is 3. The molecule has 0 atom stereocenters. The van der Waals surface area contributed by atoms with Gasteiger partial charge in [-0.1, -0.05) is 35.3 Å². The number of halogens is 2. The normalized spacial score (nSPS) is 14.8. The molecule has 150 valence electrons. The van der Waals surface area contributed by atoms with E-state index in [4.69, 9.17) is 27.9 Å². The molecule has 1 saturated heterocycles. The van der Waals surface area contributed by atoms with Gasteiger partial charge in [0.1, 0.15) is 5.75 Å². The molecule has 1 amide bonds. The van der Waals surface area contributed by atoms with Crippen molar-refractivity contribution in [2.75, 3.05) is 51.3 Å². The minimum atomic E-state index is 0.0786. The number of amides is 1. The van der Waals surface area contributed by atoms with Crippen LogP contribution in [0.3, 0.4) is 0 Å². The highest BCUT2D eigenvalue weighted by Gasteiger charge is 2.22. The molecule has 1 fully saturated rings. The first-order valence-electron chi connectivity index (χ1n) is 9.48. The first-order valence-corrected chi connectivity index (χ1v) is 10.2. The highest BCUT2D eigenvalue weighted by atomic mass is 35.5. The molecule has 1 aliphatic rings. The number of hydrogen-bond donors (Lipinski definition) is 2. The SMILES string of the molecule is COc1cccc(N2CC[NH+](CC(=O)NCCc3ccc(Cl)cc3Cl)CC2)c1. The molecule has 0 aromatic heterocycles. The van der Waals surface area contributed by atoms with E-state index in [1.807, 2.05) is 24.3 Å². The maximum absolute atomic E-state index is 12.3. The average molecular weight is 423 g/mol. The molecule has 0 radical (unpaired) electrons. The zero-order chi connectivity index (χ0) is 19.9. The first kappa shape index (κ1) is 20.8. The van der Waals surface area contributed by atoms with Crippen LogP contribution >= 0.6 is 23.2 Å². The van der Waals surface area contributed by atoms with Crippen LogP contribution < -0.4 is 19.9 Å². The summed E-state index contributed by atoms with van der Waals surface area (Å²) >= 11 is 12.1. The van der Waals surface area contributed by atoms with Crippen LogP contribution in [0.2, 0.25) is 10.0 Å². The molecule has 0 spiro atoms. The van der Waals surface area contributed by atoms with E-state index in [9.17, 15) is 4.79 Å². The molecule has 7 heteroatoms. The predicted molar refractivity (Wildman–Crippen MR) is 114 cm³/mol. The van der Waals surface area contributed by atoms with E-state index >= 15 is 0 Å². The summed E-state index contributed by atoms with van der Waals surface area (Å²) in [6.45, 7) is 4.80. The van der Waals surface area contributed by atoms with Crippen LogP contribution in [0.25, 0.3) is 0 Å². The fourth-order valence-electron chi connectivity index (χ4n) is 3.42. The number of ether oxygens (including phenoxy) is 1. The topological polar surface area (TPSA) is 46.0 Å². The summed E-state index contributed by atoms with van der Waals surface area (Å²) in [7, 11) is 1.68. The Morgan fingerprint density at radius 1 is 1.18 bits per heavy atom. The maximum Gasteiger partial charge on any atom is 0.275 e. The van der Waals surface area contributed by atoms with Gasteiger partial charge < -0.3 is 19.9 Å². The third-order valence-electron chi connectivity index (χ3n) is 5.03. The van der Waals surface area contributed by atoms with Crippen molar-refractivity contribution in [1.82, 2.24) is 5.32 Å². The van der Waals surface area contributed by atoms with Crippen LogP contribution in [0.5, 0.6) is 5.75 Å². The highest BCUT2D eigenvalue weighted by molar-refractivity contribution is 6.35. The van der Waals surface area contributed by atoms with Crippen molar-refractivity contribution in [3.05, 3.63) is 58.1 Å².